The Morgan fingerprint density at radius 3 is 2.64 bits per heavy atom. The molecule has 72 valence electrons. The van der Waals surface area contributed by atoms with Crippen molar-refractivity contribution >= 4 is 13.8 Å². The van der Waals surface area contributed by atoms with E-state index in [9.17, 15) is 4.79 Å². The summed E-state index contributed by atoms with van der Waals surface area (Å²) >= 11 is 0. The smallest absolute Gasteiger partial charge is 0.338 e. The summed E-state index contributed by atoms with van der Waals surface area (Å²) < 4.78 is 9.71. The first kappa shape index (κ1) is 10.6. The van der Waals surface area contributed by atoms with E-state index in [0.29, 0.717) is 16.9 Å². The van der Waals surface area contributed by atoms with Gasteiger partial charge in [0.2, 0.25) is 0 Å². The van der Waals surface area contributed by atoms with E-state index < -0.39 is 5.97 Å². The highest BCUT2D eigenvalue weighted by Crippen LogP contribution is 2.22. The van der Waals surface area contributed by atoms with Gasteiger partial charge in [0.1, 0.15) is 5.75 Å². The number of hydrogen-bond donors (Lipinski definition) is 0. The number of hydrogen-bond acceptors (Lipinski definition) is 3. The zero-order valence-electron chi connectivity index (χ0n) is 8.24. The summed E-state index contributed by atoms with van der Waals surface area (Å²) in [7, 11) is 8.40. The fraction of sp³-hybridized carbons (Fsp3) is 0.300. The largest absolute Gasteiger partial charge is 0.496 e. The summed E-state index contributed by atoms with van der Waals surface area (Å²) in [6, 6.07) is 5.15. The highest BCUT2D eigenvalue weighted by atomic mass is 16.5. The van der Waals surface area contributed by atoms with Crippen LogP contribution in [0.1, 0.15) is 15.9 Å². The summed E-state index contributed by atoms with van der Waals surface area (Å²) in [5.74, 6) is 0.208. The predicted octanol–water partition coefficient (Wildman–Crippen LogP) is 1.15. The average Bonchev–Trinajstić information content (AvgIpc) is 2.26. The van der Waals surface area contributed by atoms with Gasteiger partial charge in [-0.15, -0.1) is 0 Å². The minimum absolute atomic E-state index is 0.244. The quantitative estimate of drug-likeness (QED) is 0.529. The van der Waals surface area contributed by atoms with Crippen LogP contribution in [0, 0.1) is 0 Å². The van der Waals surface area contributed by atoms with Gasteiger partial charge in [0.25, 0.3) is 0 Å². The van der Waals surface area contributed by atoms with E-state index in [1.54, 1.807) is 18.2 Å². The first-order chi connectivity index (χ1) is 6.74. The van der Waals surface area contributed by atoms with E-state index in [1.807, 2.05) is 0 Å². The third-order valence-electron chi connectivity index (χ3n) is 1.96. The molecule has 1 aromatic carbocycles. The molecule has 0 N–H and O–H groups in total. The summed E-state index contributed by atoms with van der Waals surface area (Å²) in [6.07, 6.45) is 0.244. The molecule has 0 unspecified atom stereocenters. The average molecular weight is 190 g/mol. The molecule has 14 heavy (non-hydrogen) atoms. The molecule has 0 aliphatic carbocycles. The molecule has 0 aromatic heterocycles. The molecule has 0 saturated carbocycles. The van der Waals surface area contributed by atoms with Crippen molar-refractivity contribution in [2.75, 3.05) is 14.2 Å². The number of benzene rings is 1. The van der Waals surface area contributed by atoms with Crippen LogP contribution in [0.5, 0.6) is 5.75 Å². The summed E-state index contributed by atoms with van der Waals surface area (Å²) in [5, 5.41) is 0. The van der Waals surface area contributed by atoms with Gasteiger partial charge < -0.3 is 9.47 Å². The summed E-state index contributed by atoms with van der Waals surface area (Å²) in [4.78, 5) is 11.3. The van der Waals surface area contributed by atoms with Crippen LogP contribution in [0.15, 0.2) is 18.2 Å². The van der Waals surface area contributed by atoms with E-state index in [-0.39, 0.29) is 6.32 Å². The lowest BCUT2D eigenvalue weighted by Gasteiger charge is -2.10. The van der Waals surface area contributed by atoms with Crippen LogP contribution in [-0.2, 0) is 11.1 Å². The fourth-order valence-corrected chi connectivity index (χ4v) is 1.27. The first-order valence-electron chi connectivity index (χ1n) is 4.18. The second kappa shape index (κ2) is 4.70. The zero-order chi connectivity index (χ0) is 10.6. The Labute approximate surface area is 84.4 Å². The van der Waals surface area contributed by atoms with Crippen molar-refractivity contribution in [3.8, 4) is 5.75 Å². The van der Waals surface area contributed by atoms with Gasteiger partial charge in [-0.25, -0.2) is 4.79 Å². The molecule has 1 aromatic rings. The van der Waals surface area contributed by atoms with Crippen LogP contribution in [0.2, 0.25) is 0 Å². The Morgan fingerprint density at radius 1 is 1.43 bits per heavy atom. The summed E-state index contributed by atoms with van der Waals surface area (Å²) in [5.41, 5.74) is 1.12. The molecule has 0 spiro atoms. The second-order valence-corrected chi connectivity index (χ2v) is 2.68. The lowest BCUT2D eigenvalue weighted by molar-refractivity contribution is 0.0599. The lowest BCUT2D eigenvalue weighted by atomic mass is 9.92. The highest BCUT2D eigenvalue weighted by molar-refractivity contribution is 6.09. The Balaban J connectivity index is 3.21. The topological polar surface area (TPSA) is 35.5 Å². The molecule has 3 nitrogen and oxygen atoms in total. The monoisotopic (exact) mass is 190 g/mol. The van der Waals surface area contributed by atoms with Gasteiger partial charge >= 0.3 is 5.97 Å². The molecule has 2 radical (unpaired) electrons. The standard InChI is InChI=1S/C10H11BO3/c1-13-9-5-3-4-7(8(9)6-11)10(12)14-2/h3-5H,6H2,1-2H3. The van der Waals surface area contributed by atoms with Crippen LogP contribution >= 0.6 is 0 Å². The zero-order valence-corrected chi connectivity index (χ0v) is 8.24. The van der Waals surface area contributed by atoms with Gasteiger partial charge in [-0.2, -0.15) is 0 Å². The number of methoxy groups -OCH3 is 2. The molecule has 0 atom stereocenters. The van der Waals surface area contributed by atoms with Crippen molar-refractivity contribution < 1.29 is 14.3 Å². The SMILES string of the molecule is [B]Cc1c(OC)cccc1C(=O)OC. The van der Waals surface area contributed by atoms with Gasteiger partial charge in [0.15, 0.2) is 0 Å². The van der Waals surface area contributed by atoms with Crippen molar-refractivity contribution in [2.45, 2.75) is 6.32 Å². The highest BCUT2D eigenvalue weighted by Gasteiger charge is 2.13. The fourth-order valence-electron chi connectivity index (χ4n) is 1.27. The molecule has 0 saturated heterocycles. The van der Waals surface area contributed by atoms with Gasteiger partial charge in [0.05, 0.1) is 27.6 Å². The maximum atomic E-state index is 11.3. The van der Waals surface area contributed by atoms with Crippen molar-refractivity contribution in [3.05, 3.63) is 29.3 Å². The molecule has 0 aliphatic rings. The van der Waals surface area contributed by atoms with Gasteiger partial charge in [0, 0.05) is 5.56 Å². The Kier molecular flexibility index (Phi) is 3.57. The van der Waals surface area contributed by atoms with Crippen molar-refractivity contribution in [1.29, 1.82) is 0 Å². The number of esters is 1. The summed E-state index contributed by atoms with van der Waals surface area (Å²) in [6.45, 7) is 0. The number of carbonyl (C=O) groups excluding carboxylic acids is 1. The van der Waals surface area contributed by atoms with E-state index in [1.165, 1.54) is 14.2 Å². The van der Waals surface area contributed by atoms with Crippen LogP contribution in [-0.4, -0.2) is 28.0 Å². The number of rotatable bonds is 3. The van der Waals surface area contributed by atoms with E-state index >= 15 is 0 Å². The molecule has 0 bridgehead atoms. The van der Waals surface area contributed by atoms with E-state index in [2.05, 4.69) is 4.74 Å². The first-order valence-corrected chi connectivity index (χ1v) is 4.18. The van der Waals surface area contributed by atoms with Gasteiger partial charge in [-0.05, 0) is 12.1 Å². The molecule has 0 amide bonds. The maximum Gasteiger partial charge on any atom is 0.338 e. The van der Waals surface area contributed by atoms with Crippen LogP contribution in [0.4, 0.5) is 0 Å². The minimum atomic E-state index is -0.399. The molecule has 0 aliphatic heterocycles. The molecular formula is C10H11BO3. The maximum absolute atomic E-state index is 11.3. The van der Waals surface area contributed by atoms with Crippen molar-refractivity contribution in [2.24, 2.45) is 0 Å². The molecular weight excluding hydrogens is 179 g/mol. The number of carbonyl (C=O) groups is 1. The van der Waals surface area contributed by atoms with E-state index in [4.69, 9.17) is 12.6 Å². The van der Waals surface area contributed by atoms with Crippen LogP contribution in [0.3, 0.4) is 0 Å². The second-order valence-electron chi connectivity index (χ2n) is 2.68. The third kappa shape index (κ3) is 1.89. The predicted molar refractivity (Wildman–Crippen MR) is 53.8 cm³/mol. The van der Waals surface area contributed by atoms with Crippen molar-refractivity contribution in [3.63, 3.8) is 0 Å². The minimum Gasteiger partial charge on any atom is -0.496 e. The normalized spacial score (nSPS) is 9.57. The third-order valence-corrected chi connectivity index (χ3v) is 1.96. The van der Waals surface area contributed by atoms with Crippen molar-refractivity contribution in [1.82, 2.24) is 0 Å². The Hall–Kier alpha value is -1.45. The van der Waals surface area contributed by atoms with Crippen LogP contribution < -0.4 is 4.74 Å². The molecule has 0 heterocycles. The lowest BCUT2D eigenvalue weighted by Crippen LogP contribution is -2.07. The molecule has 4 heteroatoms. The van der Waals surface area contributed by atoms with Crippen LogP contribution in [0.25, 0.3) is 0 Å². The van der Waals surface area contributed by atoms with Gasteiger partial charge in [-0.3, -0.25) is 0 Å². The molecule has 0 fully saturated rings. The molecule has 1 rings (SSSR count). The van der Waals surface area contributed by atoms with E-state index in [0.717, 1.165) is 0 Å². The Bertz CT molecular complexity index is 336. The van der Waals surface area contributed by atoms with Gasteiger partial charge in [-0.1, -0.05) is 12.4 Å². The number of ether oxygens (including phenoxy) is 2. The Morgan fingerprint density at radius 2 is 2.14 bits per heavy atom.